The first kappa shape index (κ1) is 20.0. The number of hydrogen-bond donors (Lipinski definition) is 2. The van der Waals surface area contributed by atoms with E-state index in [9.17, 15) is 21.6 Å². The fourth-order valence-corrected chi connectivity index (χ4v) is 3.47. The number of hydrogen-bond acceptors (Lipinski definition) is 7. The number of fused-ring (bicyclic) bond motifs is 1. The molecule has 0 aliphatic carbocycles. The first-order valence-corrected chi connectivity index (χ1v) is 9.98. The Kier molecular flexibility index (Phi) is 5.54. The Balaban J connectivity index is 2.09. The fourth-order valence-electron chi connectivity index (χ4n) is 2.90. The normalized spacial score (nSPS) is 15.5. The molecular formula is C15H18F3N7O2S. The van der Waals surface area contributed by atoms with Gasteiger partial charge >= 0.3 is 15.5 Å². The van der Waals surface area contributed by atoms with Gasteiger partial charge in [-0.2, -0.15) is 21.6 Å². The monoisotopic (exact) mass is 417 g/mol. The molecule has 0 radical (unpaired) electrons. The lowest BCUT2D eigenvalue weighted by atomic mass is 10.1. The van der Waals surface area contributed by atoms with E-state index in [2.05, 4.69) is 25.4 Å². The van der Waals surface area contributed by atoms with Crippen molar-refractivity contribution in [3.05, 3.63) is 24.0 Å². The minimum absolute atomic E-state index is 0.0368. The van der Waals surface area contributed by atoms with Crippen molar-refractivity contribution in [2.24, 2.45) is 10.2 Å². The second-order valence-corrected chi connectivity index (χ2v) is 7.77. The summed E-state index contributed by atoms with van der Waals surface area (Å²) in [6.07, 6.45) is 3.78. The molecule has 0 spiro atoms. The topological polar surface area (TPSA) is 116 Å². The zero-order chi connectivity index (χ0) is 20.4. The maximum absolute atomic E-state index is 12.9. The standard InChI is InChI=1S/C15H18F3N7O2S/c1-2-25-6-4-3-5-10-7-11(21-23-14-19-9-20-22-14)12(8-13(10)25)24-28(26,27)15(16,17)18/h7-9,24H,2-6H2,1H3,(H,19,20,22). The van der Waals surface area contributed by atoms with Crippen molar-refractivity contribution in [3.8, 4) is 0 Å². The maximum Gasteiger partial charge on any atom is 0.516 e. The summed E-state index contributed by atoms with van der Waals surface area (Å²) in [6, 6.07) is 2.93. The van der Waals surface area contributed by atoms with Crippen LogP contribution in [0, 0.1) is 0 Å². The van der Waals surface area contributed by atoms with Gasteiger partial charge in [0, 0.05) is 18.8 Å². The van der Waals surface area contributed by atoms with Gasteiger partial charge in [0.2, 0.25) is 0 Å². The third-order valence-electron chi connectivity index (χ3n) is 4.25. The number of halogens is 3. The lowest BCUT2D eigenvalue weighted by Crippen LogP contribution is -2.30. The number of sulfonamides is 1. The number of aromatic amines is 1. The van der Waals surface area contributed by atoms with Crippen molar-refractivity contribution >= 4 is 33.0 Å². The van der Waals surface area contributed by atoms with E-state index >= 15 is 0 Å². The highest BCUT2D eigenvalue weighted by molar-refractivity contribution is 7.93. The highest BCUT2D eigenvalue weighted by atomic mass is 32.2. The third-order valence-corrected chi connectivity index (χ3v) is 5.35. The van der Waals surface area contributed by atoms with E-state index in [4.69, 9.17) is 0 Å². The molecule has 0 saturated carbocycles. The maximum atomic E-state index is 12.9. The van der Waals surface area contributed by atoms with E-state index in [0.717, 1.165) is 24.9 Å². The number of H-pyrrole nitrogens is 1. The summed E-state index contributed by atoms with van der Waals surface area (Å²) in [5.41, 5.74) is -4.26. The van der Waals surface area contributed by atoms with Crippen LogP contribution < -0.4 is 9.62 Å². The summed E-state index contributed by atoms with van der Waals surface area (Å²) >= 11 is 0. The van der Waals surface area contributed by atoms with Crippen molar-refractivity contribution in [1.29, 1.82) is 0 Å². The van der Waals surface area contributed by atoms with Crippen LogP contribution in [0.2, 0.25) is 0 Å². The minimum atomic E-state index is -5.61. The Morgan fingerprint density at radius 2 is 2.07 bits per heavy atom. The molecule has 1 aromatic carbocycles. The van der Waals surface area contributed by atoms with E-state index in [1.165, 1.54) is 12.4 Å². The Hall–Kier alpha value is -2.70. The number of benzene rings is 1. The second-order valence-electron chi connectivity index (χ2n) is 6.10. The molecule has 2 aromatic rings. The zero-order valence-electron chi connectivity index (χ0n) is 14.9. The Bertz CT molecular complexity index is 959. The summed E-state index contributed by atoms with van der Waals surface area (Å²) in [5.74, 6) is 0.0368. The molecule has 2 N–H and O–H groups in total. The Morgan fingerprint density at radius 3 is 2.71 bits per heavy atom. The molecule has 0 unspecified atom stereocenters. The van der Waals surface area contributed by atoms with Gasteiger partial charge in [0.25, 0.3) is 5.95 Å². The number of rotatable bonds is 5. The molecule has 0 atom stereocenters. The van der Waals surface area contributed by atoms with E-state index in [1.54, 1.807) is 10.8 Å². The zero-order valence-corrected chi connectivity index (χ0v) is 15.7. The van der Waals surface area contributed by atoms with E-state index in [0.29, 0.717) is 18.7 Å². The van der Waals surface area contributed by atoms with Crippen molar-refractivity contribution in [2.75, 3.05) is 22.7 Å². The predicted octanol–water partition coefficient (Wildman–Crippen LogP) is 3.64. The average molecular weight is 417 g/mol. The van der Waals surface area contributed by atoms with Gasteiger partial charge in [-0.05, 0) is 43.9 Å². The van der Waals surface area contributed by atoms with Gasteiger partial charge < -0.3 is 9.88 Å². The molecule has 1 aliphatic heterocycles. The molecule has 28 heavy (non-hydrogen) atoms. The molecule has 0 bridgehead atoms. The van der Waals surface area contributed by atoms with Gasteiger partial charge in [0.1, 0.15) is 12.0 Å². The minimum Gasteiger partial charge on any atom is -0.372 e. The highest BCUT2D eigenvalue weighted by Crippen LogP contribution is 2.38. The Labute approximate surface area is 159 Å². The van der Waals surface area contributed by atoms with E-state index < -0.39 is 15.5 Å². The van der Waals surface area contributed by atoms with Crippen LogP contribution in [-0.4, -0.2) is 42.2 Å². The first-order chi connectivity index (χ1) is 13.2. The van der Waals surface area contributed by atoms with Gasteiger partial charge in [-0.1, -0.05) is 0 Å². The molecule has 1 aromatic heterocycles. The van der Waals surface area contributed by atoms with Crippen LogP contribution in [0.3, 0.4) is 0 Å². The number of nitrogens with one attached hydrogen (secondary N) is 2. The number of anilines is 2. The summed E-state index contributed by atoms with van der Waals surface area (Å²) < 4.78 is 63.5. The third kappa shape index (κ3) is 4.24. The number of azo groups is 1. The van der Waals surface area contributed by atoms with Crippen LogP contribution in [0.15, 0.2) is 28.7 Å². The van der Waals surface area contributed by atoms with Gasteiger partial charge in [-0.15, -0.1) is 20.4 Å². The molecule has 1 aliphatic rings. The van der Waals surface area contributed by atoms with E-state index in [1.807, 2.05) is 11.8 Å². The van der Waals surface area contributed by atoms with Crippen LogP contribution in [-0.2, 0) is 16.4 Å². The van der Waals surface area contributed by atoms with Crippen LogP contribution in [0.4, 0.5) is 36.2 Å². The predicted molar refractivity (Wildman–Crippen MR) is 96.4 cm³/mol. The summed E-state index contributed by atoms with van der Waals surface area (Å²) in [4.78, 5) is 4.57. The molecule has 3 rings (SSSR count). The lowest BCUT2D eigenvalue weighted by molar-refractivity contribution is -0.0429. The van der Waals surface area contributed by atoms with Crippen LogP contribution >= 0.6 is 0 Å². The molecule has 2 heterocycles. The molecular weight excluding hydrogens is 399 g/mol. The van der Waals surface area contributed by atoms with Gasteiger partial charge in [0.15, 0.2) is 0 Å². The van der Waals surface area contributed by atoms with Crippen LogP contribution in [0.25, 0.3) is 0 Å². The largest absolute Gasteiger partial charge is 0.516 e. The van der Waals surface area contributed by atoms with Crippen molar-refractivity contribution in [3.63, 3.8) is 0 Å². The average Bonchev–Trinajstić information content (AvgIpc) is 3.06. The molecule has 152 valence electrons. The molecule has 0 saturated heterocycles. The fraction of sp³-hybridized carbons (Fsp3) is 0.467. The molecule has 13 heteroatoms. The molecule has 0 fully saturated rings. The molecule has 9 nitrogen and oxygen atoms in total. The van der Waals surface area contributed by atoms with E-state index in [-0.39, 0.29) is 17.3 Å². The van der Waals surface area contributed by atoms with Crippen molar-refractivity contribution < 1.29 is 21.6 Å². The number of nitrogens with zero attached hydrogens (tertiary/aromatic N) is 5. The summed E-state index contributed by atoms with van der Waals surface area (Å²) in [6.45, 7) is 3.29. The van der Waals surface area contributed by atoms with Crippen molar-refractivity contribution in [2.45, 2.75) is 31.7 Å². The van der Waals surface area contributed by atoms with Crippen molar-refractivity contribution in [1.82, 2.24) is 15.2 Å². The van der Waals surface area contributed by atoms with Gasteiger partial charge in [-0.25, -0.2) is 0 Å². The number of aromatic nitrogens is 3. The second kappa shape index (κ2) is 7.73. The van der Waals surface area contributed by atoms with Gasteiger partial charge in [0.05, 0.1) is 5.69 Å². The Morgan fingerprint density at radius 1 is 1.29 bits per heavy atom. The van der Waals surface area contributed by atoms with Crippen LogP contribution in [0.1, 0.15) is 25.3 Å². The SMILES string of the molecule is CCN1CCCCc2cc(N=Nc3nnc[nH]3)c(NS(=O)(=O)C(F)(F)F)cc21. The number of aryl methyl sites for hydroxylation is 1. The lowest BCUT2D eigenvalue weighted by Gasteiger charge is -2.24. The highest BCUT2D eigenvalue weighted by Gasteiger charge is 2.46. The van der Waals surface area contributed by atoms with Crippen LogP contribution in [0.5, 0.6) is 0 Å². The number of alkyl halides is 3. The smallest absolute Gasteiger partial charge is 0.372 e. The quantitative estimate of drug-likeness (QED) is 0.721. The van der Waals surface area contributed by atoms with Gasteiger partial charge in [-0.3, -0.25) is 4.72 Å². The summed E-state index contributed by atoms with van der Waals surface area (Å²) in [7, 11) is -5.61. The first-order valence-electron chi connectivity index (χ1n) is 8.50. The molecule has 0 amide bonds. The summed E-state index contributed by atoms with van der Waals surface area (Å²) in [5, 5.41) is 14.8.